The number of piperazine rings is 1. The SMILES string of the molecule is O=C(CCCN1CCN(c2cccc(Cl)c2Cl)CC1)c1cc2c3c(c1)CCN3C(=O)CC2. The lowest BCUT2D eigenvalue weighted by Gasteiger charge is -2.36. The largest absolute Gasteiger partial charge is 0.368 e. The van der Waals surface area contributed by atoms with Gasteiger partial charge in [-0.3, -0.25) is 14.5 Å². The summed E-state index contributed by atoms with van der Waals surface area (Å²) in [6.45, 7) is 5.37. The number of ketones is 1. The molecule has 0 radical (unpaired) electrons. The van der Waals surface area contributed by atoms with Gasteiger partial charge in [0, 0.05) is 51.1 Å². The molecule has 3 aliphatic heterocycles. The smallest absolute Gasteiger partial charge is 0.227 e. The zero-order valence-electron chi connectivity index (χ0n) is 18.1. The van der Waals surface area contributed by atoms with Crippen LogP contribution in [0.15, 0.2) is 30.3 Å². The van der Waals surface area contributed by atoms with Crippen LogP contribution in [0.4, 0.5) is 11.4 Å². The van der Waals surface area contributed by atoms with Gasteiger partial charge in [-0.2, -0.15) is 0 Å². The molecule has 0 N–H and O–H groups in total. The van der Waals surface area contributed by atoms with E-state index in [0.29, 0.717) is 22.9 Å². The second-order valence-corrected chi connectivity index (χ2v) is 9.65. The predicted octanol–water partition coefficient (Wildman–Crippen LogP) is 4.61. The molecule has 7 heteroatoms. The van der Waals surface area contributed by atoms with Crippen molar-refractivity contribution < 1.29 is 9.59 Å². The van der Waals surface area contributed by atoms with Gasteiger partial charge < -0.3 is 9.80 Å². The number of rotatable bonds is 6. The number of Topliss-reactive ketones (excluding diaryl/α,β-unsaturated/α-hetero) is 1. The van der Waals surface area contributed by atoms with E-state index in [-0.39, 0.29) is 11.7 Å². The van der Waals surface area contributed by atoms with Gasteiger partial charge in [-0.05, 0) is 61.2 Å². The summed E-state index contributed by atoms with van der Waals surface area (Å²) in [6.07, 6.45) is 3.57. The van der Waals surface area contributed by atoms with Crippen LogP contribution < -0.4 is 9.80 Å². The van der Waals surface area contributed by atoms with E-state index in [1.165, 1.54) is 5.56 Å². The number of benzene rings is 2. The number of carbonyl (C=O) groups is 2. The third kappa shape index (κ3) is 4.14. The molecule has 0 unspecified atom stereocenters. The summed E-state index contributed by atoms with van der Waals surface area (Å²) in [5.41, 5.74) is 5.22. The number of hydrogen-bond acceptors (Lipinski definition) is 4. The van der Waals surface area contributed by atoms with Crippen LogP contribution in [0.25, 0.3) is 0 Å². The van der Waals surface area contributed by atoms with Gasteiger partial charge in [0.15, 0.2) is 5.78 Å². The lowest BCUT2D eigenvalue weighted by Crippen LogP contribution is -2.46. The van der Waals surface area contributed by atoms with Gasteiger partial charge in [-0.15, -0.1) is 0 Å². The fraction of sp³-hybridized carbons (Fsp3) is 0.440. The van der Waals surface area contributed by atoms with Crippen LogP contribution in [0.5, 0.6) is 0 Å². The van der Waals surface area contributed by atoms with Crippen molar-refractivity contribution in [3.8, 4) is 0 Å². The molecule has 32 heavy (non-hydrogen) atoms. The lowest BCUT2D eigenvalue weighted by atomic mass is 9.94. The zero-order chi connectivity index (χ0) is 22.2. The van der Waals surface area contributed by atoms with E-state index >= 15 is 0 Å². The molecule has 1 saturated heterocycles. The molecule has 3 aliphatic rings. The molecule has 0 aromatic heterocycles. The summed E-state index contributed by atoms with van der Waals surface area (Å²) in [4.78, 5) is 31.6. The predicted molar refractivity (Wildman–Crippen MR) is 129 cm³/mol. The fourth-order valence-corrected chi connectivity index (χ4v) is 5.59. The van der Waals surface area contributed by atoms with Gasteiger partial charge in [-0.1, -0.05) is 29.3 Å². The average molecular weight is 472 g/mol. The first-order valence-electron chi connectivity index (χ1n) is 11.4. The summed E-state index contributed by atoms with van der Waals surface area (Å²) in [7, 11) is 0. The highest BCUT2D eigenvalue weighted by Crippen LogP contribution is 2.38. The molecule has 2 aromatic rings. The molecule has 0 saturated carbocycles. The number of hydrogen-bond donors (Lipinski definition) is 0. The number of carbonyl (C=O) groups excluding carboxylic acids is 2. The van der Waals surface area contributed by atoms with E-state index in [9.17, 15) is 9.59 Å². The molecule has 0 atom stereocenters. The Morgan fingerprint density at radius 2 is 1.69 bits per heavy atom. The summed E-state index contributed by atoms with van der Waals surface area (Å²) in [6, 6.07) is 9.81. The van der Waals surface area contributed by atoms with Gasteiger partial charge in [0.05, 0.1) is 21.4 Å². The minimum Gasteiger partial charge on any atom is -0.368 e. The summed E-state index contributed by atoms with van der Waals surface area (Å²) < 4.78 is 0. The Labute approximate surface area is 198 Å². The van der Waals surface area contributed by atoms with Crippen LogP contribution in [0, 0.1) is 0 Å². The molecule has 2 aromatic carbocycles. The van der Waals surface area contributed by atoms with E-state index < -0.39 is 0 Å². The van der Waals surface area contributed by atoms with Gasteiger partial charge in [0.2, 0.25) is 5.91 Å². The first-order chi connectivity index (χ1) is 15.5. The first kappa shape index (κ1) is 21.7. The molecule has 3 heterocycles. The molecular weight excluding hydrogens is 445 g/mol. The Morgan fingerprint density at radius 3 is 2.47 bits per heavy atom. The van der Waals surface area contributed by atoms with Crippen molar-refractivity contribution in [1.82, 2.24) is 4.90 Å². The minimum atomic E-state index is 0.212. The molecule has 168 valence electrons. The second kappa shape index (κ2) is 9.05. The van der Waals surface area contributed by atoms with E-state index in [1.807, 2.05) is 35.2 Å². The molecule has 1 fully saturated rings. The molecule has 1 amide bonds. The van der Waals surface area contributed by atoms with Crippen molar-refractivity contribution in [2.75, 3.05) is 49.1 Å². The Morgan fingerprint density at radius 1 is 0.938 bits per heavy atom. The van der Waals surface area contributed by atoms with Gasteiger partial charge in [0.25, 0.3) is 0 Å². The molecule has 5 rings (SSSR count). The average Bonchev–Trinajstić information content (AvgIpc) is 3.24. The lowest BCUT2D eigenvalue weighted by molar-refractivity contribution is -0.118. The monoisotopic (exact) mass is 471 g/mol. The maximum absolute atomic E-state index is 12.9. The Kier molecular flexibility index (Phi) is 6.15. The quantitative estimate of drug-likeness (QED) is 0.576. The highest BCUT2D eigenvalue weighted by molar-refractivity contribution is 6.43. The van der Waals surface area contributed by atoms with Crippen molar-refractivity contribution >= 4 is 46.3 Å². The molecular formula is C25H27Cl2N3O2. The summed E-state index contributed by atoms with van der Waals surface area (Å²) in [5, 5.41) is 1.21. The normalized spacial score (nSPS) is 18.2. The van der Waals surface area contributed by atoms with Gasteiger partial charge in [0.1, 0.15) is 0 Å². The molecule has 0 bridgehead atoms. The van der Waals surface area contributed by atoms with Crippen molar-refractivity contribution in [2.45, 2.75) is 32.1 Å². The molecule has 5 nitrogen and oxygen atoms in total. The first-order valence-corrected chi connectivity index (χ1v) is 12.2. The van der Waals surface area contributed by atoms with Crippen molar-refractivity contribution in [3.05, 3.63) is 57.1 Å². The summed E-state index contributed by atoms with van der Waals surface area (Å²) in [5.74, 6) is 0.428. The maximum atomic E-state index is 12.9. The van der Waals surface area contributed by atoms with Crippen molar-refractivity contribution in [2.24, 2.45) is 0 Å². The number of anilines is 2. The number of amides is 1. The van der Waals surface area contributed by atoms with E-state index in [1.54, 1.807) is 0 Å². The van der Waals surface area contributed by atoms with Crippen LogP contribution in [0.2, 0.25) is 10.0 Å². The number of nitrogens with zero attached hydrogens (tertiary/aromatic N) is 3. The molecule has 0 spiro atoms. The third-order valence-electron chi connectivity index (χ3n) is 6.90. The van der Waals surface area contributed by atoms with E-state index in [0.717, 1.165) is 81.0 Å². The van der Waals surface area contributed by atoms with Gasteiger partial charge >= 0.3 is 0 Å². The second-order valence-electron chi connectivity index (χ2n) is 8.87. The zero-order valence-corrected chi connectivity index (χ0v) is 19.6. The minimum absolute atomic E-state index is 0.212. The number of aryl methyl sites for hydroxylation is 1. The number of halogens is 2. The van der Waals surface area contributed by atoms with E-state index in [4.69, 9.17) is 23.2 Å². The topological polar surface area (TPSA) is 43.9 Å². The van der Waals surface area contributed by atoms with Crippen LogP contribution >= 0.6 is 23.2 Å². The molecule has 0 aliphatic carbocycles. The Bertz CT molecular complexity index is 1060. The third-order valence-corrected chi connectivity index (χ3v) is 7.70. The standard InChI is InChI=1S/C25H27Cl2N3O2/c26-20-3-1-4-21(24(20)27)29-13-11-28(12-14-29)9-2-5-22(31)19-15-17-6-7-23(32)30-10-8-18(16-19)25(17)30/h1,3-4,15-16H,2,5-14H2. The maximum Gasteiger partial charge on any atom is 0.227 e. The highest BCUT2D eigenvalue weighted by atomic mass is 35.5. The van der Waals surface area contributed by atoms with Crippen LogP contribution in [-0.2, 0) is 17.6 Å². The van der Waals surface area contributed by atoms with Gasteiger partial charge in [-0.25, -0.2) is 0 Å². The van der Waals surface area contributed by atoms with Crippen LogP contribution in [-0.4, -0.2) is 55.9 Å². The van der Waals surface area contributed by atoms with E-state index in [2.05, 4.69) is 9.80 Å². The van der Waals surface area contributed by atoms with Crippen LogP contribution in [0.1, 0.15) is 40.7 Å². The summed E-state index contributed by atoms with van der Waals surface area (Å²) >= 11 is 12.5. The van der Waals surface area contributed by atoms with Crippen molar-refractivity contribution in [3.63, 3.8) is 0 Å². The fourth-order valence-electron chi connectivity index (χ4n) is 5.18. The Balaban J connectivity index is 1.13. The Hall–Kier alpha value is -2.08. The van der Waals surface area contributed by atoms with Crippen LogP contribution in [0.3, 0.4) is 0 Å². The highest BCUT2D eigenvalue weighted by Gasteiger charge is 2.32. The van der Waals surface area contributed by atoms with Crippen molar-refractivity contribution in [1.29, 1.82) is 0 Å².